The van der Waals surface area contributed by atoms with Gasteiger partial charge in [0.1, 0.15) is 23.3 Å². The molecule has 2 rings (SSSR count). The van der Waals surface area contributed by atoms with E-state index in [0.29, 0.717) is 12.8 Å². The Morgan fingerprint density at radius 2 is 1.81 bits per heavy atom. The number of ether oxygens (including phenoxy) is 2. The zero-order valence-electron chi connectivity index (χ0n) is 15.6. The van der Waals surface area contributed by atoms with Gasteiger partial charge in [0.25, 0.3) is 11.8 Å². The largest absolute Gasteiger partial charge is 0.444 e. The normalized spacial score (nSPS) is 30.3. The van der Waals surface area contributed by atoms with Gasteiger partial charge < -0.3 is 20.1 Å². The van der Waals surface area contributed by atoms with Gasteiger partial charge in [-0.15, -0.1) is 0 Å². The second-order valence-corrected chi connectivity index (χ2v) is 7.90. The predicted octanol–water partition coefficient (Wildman–Crippen LogP) is 0.324. The average molecular weight is 370 g/mol. The topological polar surface area (TPSA) is 135 Å². The van der Waals surface area contributed by atoms with Gasteiger partial charge in [-0.3, -0.25) is 20.4 Å². The smallest absolute Gasteiger partial charge is 0.408 e. The third-order valence-electron chi connectivity index (χ3n) is 4.19. The van der Waals surface area contributed by atoms with Crippen molar-refractivity contribution in [3.05, 3.63) is 0 Å². The van der Waals surface area contributed by atoms with Gasteiger partial charge in [0.05, 0.1) is 0 Å². The lowest BCUT2D eigenvalue weighted by Crippen LogP contribution is -2.68. The lowest BCUT2D eigenvalue weighted by molar-refractivity contribution is -0.138. The molecular weight excluding hydrogens is 344 g/mol. The zero-order chi connectivity index (χ0) is 19.7. The van der Waals surface area contributed by atoms with E-state index >= 15 is 0 Å². The number of hydrogen-bond acceptors (Lipinski definition) is 6. The molecule has 4 N–H and O–H groups in total. The van der Waals surface area contributed by atoms with Crippen LogP contribution in [-0.4, -0.2) is 47.3 Å². The summed E-state index contributed by atoms with van der Waals surface area (Å²) in [5.41, 5.74) is 2.74. The highest BCUT2D eigenvalue weighted by Gasteiger charge is 2.50. The number of carbonyl (C=O) groups is 4. The first kappa shape index (κ1) is 19.8. The first-order chi connectivity index (χ1) is 11.9. The van der Waals surface area contributed by atoms with Crippen molar-refractivity contribution in [3.8, 4) is 0 Å². The standard InChI is InChI=1S/C16H26N4O6/c1-8-6-16(7-8,18-14(24)26-15(3,4)5)12(22)20-19-11(21)10-9(2)25-13(23)17-10/h8-10H,6-7H2,1-5H3,(H,17,23)(H,18,24)(H,19,21)(H,20,22)/t8-,9-,10+,16-/m1/s1. The fourth-order valence-electron chi connectivity index (χ4n) is 3.08. The quantitative estimate of drug-likeness (QED) is 0.529. The molecule has 2 aliphatic rings. The molecule has 1 aliphatic carbocycles. The molecule has 1 heterocycles. The van der Waals surface area contributed by atoms with E-state index < -0.39 is 47.3 Å². The van der Waals surface area contributed by atoms with E-state index in [9.17, 15) is 19.2 Å². The second kappa shape index (κ2) is 7.00. The highest BCUT2D eigenvalue weighted by atomic mass is 16.6. The fraction of sp³-hybridized carbons (Fsp3) is 0.750. The molecule has 0 aromatic carbocycles. The van der Waals surface area contributed by atoms with Crippen molar-refractivity contribution >= 4 is 24.0 Å². The van der Waals surface area contributed by atoms with Crippen LogP contribution in [0.1, 0.15) is 47.5 Å². The maximum atomic E-state index is 12.5. The number of hydrazine groups is 1. The van der Waals surface area contributed by atoms with Crippen LogP contribution in [0.4, 0.5) is 9.59 Å². The van der Waals surface area contributed by atoms with Gasteiger partial charge in [0.2, 0.25) is 0 Å². The molecule has 0 spiro atoms. The van der Waals surface area contributed by atoms with Crippen LogP contribution < -0.4 is 21.5 Å². The van der Waals surface area contributed by atoms with Gasteiger partial charge >= 0.3 is 12.2 Å². The van der Waals surface area contributed by atoms with Crippen LogP contribution >= 0.6 is 0 Å². The zero-order valence-corrected chi connectivity index (χ0v) is 15.6. The summed E-state index contributed by atoms with van der Waals surface area (Å²) in [4.78, 5) is 47.8. The molecule has 0 aromatic heterocycles. The molecule has 10 heteroatoms. The minimum Gasteiger partial charge on any atom is -0.444 e. The van der Waals surface area contributed by atoms with Crippen molar-refractivity contribution in [2.75, 3.05) is 0 Å². The number of rotatable bonds is 3. The summed E-state index contributed by atoms with van der Waals surface area (Å²) < 4.78 is 10.0. The molecule has 2 fully saturated rings. The first-order valence-corrected chi connectivity index (χ1v) is 8.50. The van der Waals surface area contributed by atoms with E-state index in [1.54, 1.807) is 27.7 Å². The van der Waals surface area contributed by atoms with Crippen molar-refractivity contribution in [3.63, 3.8) is 0 Å². The van der Waals surface area contributed by atoms with Crippen LogP contribution in [0.3, 0.4) is 0 Å². The van der Waals surface area contributed by atoms with E-state index in [-0.39, 0.29) is 5.92 Å². The van der Waals surface area contributed by atoms with Crippen molar-refractivity contribution in [1.29, 1.82) is 0 Å². The van der Waals surface area contributed by atoms with Crippen LogP contribution in [0.15, 0.2) is 0 Å². The van der Waals surface area contributed by atoms with E-state index in [0.717, 1.165) is 0 Å². The second-order valence-electron chi connectivity index (χ2n) is 7.90. The lowest BCUT2D eigenvalue weighted by Gasteiger charge is -2.45. The minimum absolute atomic E-state index is 0.244. The Bertz CT molecular complexity index is 608. The average Bonchev–Trinajstić information content (AvgIpc) is 2.79. The number of hydrogen-bond donors (Lipinski definition) is 4. The summed E-state index contributed by atoms with van der Waals surface area (Å²) >= 11 is 0. The molecule has 26 heavy (non-hydrogen) atoms. The SMILES string of the molecule is C[C@H]1OC(=O)N[C@@H]1C(=O)NNC(=O)[C@]1(NC(=O)OC(C)(C)C)C[C@H](C)C1. The molecule has 0 bridgehead atoms. The summed E-state index contributed by atoms with van der Waals surface area (Å²) in [6.45, 7) is 8.68. The summed E-state index contributed by atoms with van der Waals surface area (Å²) in [7, 11) is 0. The maximum absolute atomic E-state index is 12.5. The molecule has 0 unspecified atom stereocenters. The molecule has 0 radical (unpaired) electrons. The van der Waals surface area contributed by atoms with Crippen LogP contribution in [0, 0.1) is 5.92 Å². The summed E-state index contributed by atoms with van der Waals surface area (Å²) in [6, 6.07) is -0.905. The number of carbonyl (C=O) groups excluding carboxylic acids is 4. The highest BCUT2D eigenvalue weighted by molar-refractivity contribution is 5.94. The van der Waals surface area contributed by atoms with Crippen molar-refractivity contribution in [2.24, 2.45) is 5.92 Å². The molecule has 0 aromatic rings. The molecule has 1 saturated carbocycles. The van der Waals surface area contributed by atoms with Gasteiger partial charge in [0.15, 0.2) is 0 Å². The van der Waals surface area contributed by atoms with E-state index in [2.05, 4.69) is 21.5 Å². The third kappa shape index (κ3) is 4.55. The van der Waals surface area contributed by atoms with Gasteiger partial charge in [-0.1, -0.05) is 6.92 Å². The molecule has 1 aliphatic heterocycles. The first-order valence-electron chi connectivity index (χ1n) is 8.50. The summed E-state index contributed by atoms with van der Waals surface area (Å²) in [6.07, 6.45) is -1.20. The molecule has 1 saturated heterocycles. The van der Waals surface area contributed by atoms with Gasteiger partial charge in [-0.2, -0.15) is 0 Å². The Kier molecular flexibility index (Phi) is 5.33. The van der Waals surface area contributed by atoms with Crippen LogP contribution in [0.5, 0.6) is 0 Å². The predicted molar refractivity (Wildman–Crippen MR) is 89.7 cm³/mol. The van der Waals surface area contributed by atoms with E-state index in [1.807, 2.05) is 6.92 Å². The van der Waals surface area contributed by atoms with Crippen molar-refractivity contribution in [2.45, 2.75) is 70.7 Å². The van der Waals surface area contributed by atoms with Crippen LogP contribution in [0.2, 0.25) is 0 Å². The van der Waals surface area contributed by atoms with E-state index in [4.69, 9.17) is 9.47 Å². The number of alkyl carbamates (subject to hydrolysis) is 2. The molecular formula is C16H26N4O6. The minimum atomic E-state index is -1.14. The monoisotopic (exact) mass is 370 g/mol. The van der Waals surface area contributed by atoms with E-state index in [1.165, 1.54) is 0 Å². The molecule has 146 valence electrons. The molecule has 2 atom stereocenters. The number of amides is 4. The van der Waals surface area contributed by atoms with Crippen molar-refractivity contribution in [1.82, 2.24) is 21.5 Å². The van der Waals surface area contributed by atoms with Crippen LogP contribution in [-0.2, 0) is 19.1 Å². The maximum Gasteiger partial charge on any atom is 0.408 e. The van der Waals surface area contributed by atoms with Gasteiger partial charge in [-0.25, -0.2) is 9.59 Å². The Morgan fingerprint density at radius 3 is 2.27 bits per heavy atom. The Balaban J connectivity index is 1.93. The number of cyclic esters (lactones) is 1. The van der Waals surface area contributed by atoms with Gasteiger partial charge in [0, 0.05) is 0 Å². The highest BCUT2D eigenvalue weighted by Crippen LogP contribution is 2.37. The van der Waals surface area contributed by atoms with Gasteiger partial charge in [-0.05, 0) is 46.5 Å². The fourth-order valence-corrected chi connectivity index (χ4v) is 3.08. The lowest BCUT2D eigenvalue weighted by atomic mass is 9.68. The molecule has 4 amide bonds. The summed E-state index contributed by atoms with van der Waals surface area (Å²) in [5.74, 6) is -0.918. The Hall–Kier alpha value is -2.52. The van der Waals surface area contributed by atoms with Crippen molar-refractivity contribution < 1.29 is 28.7 Å². The number of nitrogens with one attached hydrogen (secondary N) is 4. The Morgan fingerprint density at radius 1 is 1.19 bits per heavy atom. The van der Waals surface area contributed by atoms with Crippen LogP contribution in [0.25, 0.3) is 0 Å². The summed E-state index contributed by atoms with van der Waals surface area (Å²) in [5, 5.41) is 4.95. The molecule has 10 nitrogen and oxygen atoms in total. The third-order valence-corrected chi connectivity index (χ3v) is 4.19. The Labute approximate surface area is 151 Å².